The van der Waals surface area contributed by atoms with Gasteiger partial charge in [0, 0.05) is 19.3 Å². The second kappa shape index (κ2) is 48.2. The minimum Gasteiger partial charge on any atom is -0.462 e. The third-order valence-electron chi connectivity index (χ3n) is 9.31. The molecule has 0 fully saturated rings. The van der Waals surface area contributed by atoms with Gasteiger partial charge in [-0.3, -0.25) is 14.4 Å². The van der Waals surface area contributed by atoms with Crippen LogP contribution in [-0.4, -0.2) is 37.2 Å². The van der Waals surface area contributed by atoms with Gasteiger partial charge in [-0.2, -0.15) is 0 Å². The Bertz CT molecular complexity index is 1380. The average molecular weight is 841 g/mol. The smallest absolute Gasteiger partial charge is 0.306 e. The Morgan fingerprint density at radius 2 is 0.738 bits per heavy atom. The van der Waals surface area contributed by atoms with Gasteiger partial charge in [0.1, 0.15) is 13.2 Å². The molecular formula is C55H84O6. The molecule has 0 N–H and O–H groups in total. The highest BCUT2D eigenvalue weighted by molar-refractivity contribution is 5.71. The predicted octanol–water partition coefficient (Wildman–Crippen LogP) is 15.5. The molecule has 0 aliphatic carbocycles. The van der Waals surface area contributed by atoms with Crippen molar-refractivity contribution in [1.82, 2.24) is 0 Å². The summed E-state index contributed by atoms with van der Waals surface area (Å²) >= 11 is 0. The molecule has 0 radical (unpaired) electrons. The monoisotopic (exact) mass is 841 g/mol. The number of carbonyl (C=O) groups is 3. The second-order valence-electron chi connectivity index (χ2n) is 15.1. The molecule has 0 saturated heterocycles. The maximum Gasteiger partial charge on any atom is 0.306 e. The highest BCUT2D eigenvalue weighted by Crippen LogP contribution is 2.12. The molecule has 0 heterocycles. The fraction of sp³-hybridized carbons (Fsp3) is 0.545. The van der Waals surface area contributed by atoms with Gasteiger partial charge in [-0.15, -0.1) is 0 Å². The van der Waals surface area contributed by atoms with Crippen LogP contribution in [0, 0.1) is 0 Å². The van der Waals surface area contributed by atoms with Gasteiger partial charge >= 0.3 is 17.9 Å². The molecule has 340 valence electrons. The summed E-state index contributed by atoms with van der Waals surface area (Å²) in [6.45, 7) is 6.21. The summed E-state index contributed by atoms with van der Waals surface area (Å²) in [6, 6.07) is 0. The Morgan fingerprint density at radius 3 is 1.28 bits per heavy atom. The van der Waals surface area contributed by atoms with Gasteiger partial charge in [-0.05, 0) is 89.9 Å². The van der Waals surface area contributed by atoms with Crippen LogP contribution in [0.5, 0.6) is 0 Å². The normalized spacial score (nSPS) is 13.3. The summed E-state index contributed by atoms with van der Waals surface area (Å²) in [5, 5.41) is 0. The molecule has 0 aliphatic heterocycles. The molecule has 0 aliphatic rings. The summed E-state index contributed by atoms with van der Waals surface area (Å²) in [4.78, 5) is 37.8. The molecule has 0 saturated carbocycles. The van der Waals surface area contributed by atoms with Gasteiger partial charge in [0.15, 0.2) is 6.10 Å². The quantitative estimate of drug-likeness (QED) is 0.0201. The highest BCUT2D eigenvalue weighted by atomic mass is 16.6. The first-order valence-electron chi connectivity index (χ1n) is 23.8. The molecule has 0 aromatic rings. The van der Waals surface area contributed by atoms with Gasteiger partial charge in [0.2, 0.25) is 0 Å². The van der Waals surface area contributed by atoms with Crippen LogP contribution < -0.4 is 0 Å². The van der Waals surface area contributed by atoms with E-state index in [0.29, 0.717) is 12.8 Å². The molecule has 61 heavy (non-hydrogen) atoms. The van der Waals surface area contributed by atoms with E-state index < -0.39 is 6.10 Å². The Morgan fingerprint density at radius 1 is 0.361 bits per heavy atom. The average Bonchev–Trinajstić information content (AvgIpc) is 3.26. The van der Waals surface area contributed by atoms with Crippen molar-refractivity contribution < 1.29 is 28.6 Å². The largest absolute Gasteiger partial charge is 0.462 e. The lowest BCUT2D eigenvalue weighted by atomic mass is 10.1. The van der Waals surface area contributed by atoms with Crippen molar-refractivity contribution in [3.63, 3.8) is 0 Å². The fourth-order valence-corrected chi connectivity index (χ4v) is 5.78. The highest BCUT2D eigenvalue weighted by Gasteiger charge is 2.19. The molecule has 6 heteroatoms. The SMILES string of the molecule is CC\C=C/C=C\C=C/C=C\C=C\C=C/CCCCCC(=O)OCC(COC(=O)CCC/C=C\C/C=C\C/C=C\CC)OC(=O)CCCCCCCC/C=C\C=C/CCCCC. The lowest BCUT2D eigenvalue weighted by Crippen LogP contribution is -2.30. The lowest BCUT2D eigenvalue weighted by Gasteiger charge is -2.18. The second-order valence-corrected chi connectivity index (χ2v) is 15.1. The summed E-state index contributed by atoms with van der Waals surface area (Å²) < 4.78 is 16.6. The minimum atomic E-state index is -0.827. The zero-order valence-corrected chi connectivity index (χ0v) is 38.6. The van der Waals surface area contributed by atoms with Gasteiger partial charge in [0.25, 0.3) is 0 Å². The molecule has 6 nitrogen and oxygen atoms in total. The summed E-state index contributed by atoms with van der Waals surface area (Å²) in [5.41, 5.74) is 0. The van der Waals surface area contributed by atoms with Crippen LogP contribution in [0.3, 0.4) is 0 Å². The first kappa shape index (κ1) is 56.5. The summed E-state index contributed by atoms with van der Waals surface area (Å²) in [6.07, 6.45) is 67.2. The number of rotatable bonds is 40. The third kappa shape index (κ3) is 46.5. The number of hydrogen-bond acceptors (Lipinski definition) is 6. The maximum atomic E-state index is 12.8. The summed E-state index contributed by atoms with van der Waals surface area (Å²) in [5.74, 6) is -1.05. The lowest BCUT2D eigenvalue weighted by molar-refractivity contribution is -0.167. The third-order valence-corrected chi connectivity index (χ3v) is 9.31. The van der Waals surface area contributed by atoms with Crippen molar-refractivity contribution in [2.24, 2.45) is 0 Å². The molecule has 0 bridgehead atoms. The summed E-state index contributed by atoms with van der Waals surface area (Å²) in [7, 11) is 0. The fourth-order valence-electron chi connectivity index (χ4n) is 5.78. The van der Waals surface area contributed by atoms with Crippen LogP contribution in [0.25, 0.3) is 0 Å². The zero-order valence-electron chi connectivity index (χ0n) is 38.6. The van der Waals surface area contributed by atoms with Crippen LogP contribution in [0.4, 0.5) is 0 Å². The minimum absolute atomic E-state index is 0.127. The molecule has 1 atom stereocenters. The Labute approximate surface area is 373 Å². The maximum absolute atomic E-state index is 12.8. The number of unbranched alkanes of at least 4 members (excludes halogenated alkanes) is 13. The van der Waals surface area contributed by atoms with Gasteiger partial charge < -0.3 is 14.2 Å². The number of ether oxygens (including phenoxy) is 3. The van der Waals surface area contributed by atoms with Gasteiger partial charge in [0.05, 0.1) is 0 Å². The predicted molar refractivity (Wildman–Crippen MR) is 260 cm³/mol. The van der Waals surface area contributed by atoms with Crippen LogP contribution in [-0.2, 0) is 28.6 Å². The zero-order chi connectivity index (χ0) is 44.4. The number of hydrogen-bond donors (Lipinski definition) is 0. The topological polar surface area (TPSA) is 78.9 Å². The van der Waals surface area contributed by atoms with Gasteiger partial charge in [-0.1, -0.05) is 199 Å². The first-order valence-corrected chi connectivity index (χ1v) is 23.8. The Balaban J connectivity index is 4.58. The molecule has 0 aromatic heterocycles. The first-order chi connectivity index (χ1) is 30.0. The molecule has 0 aromatic carbocycles. The van der Waals surface area contributed by atoms with Crippen molar-refractivity contribution in [3.05, 3.63) is 134 Å². The number of esters is 3. The van der Waals surface area contributed by atoms with Crippen molar-refractivity contribution in [2.45, 2.75) is 181 Å². The van der Waals surface area contributed by atoms with E-state index in [-0.39, 0.29) is 50.4 Å². The van der Waals surface area contributed by atoms with Crippen molar-refractivity contribution >= 4 is 17.9 Å². The van der Waals surface area contributed by atoms with Gasteiger partial charge in [-0.25, -0.2) is 0 Å². The van der Waals surface area contributed by atoms with Crippen LogP contribution in [0.1, 0.15) is 175 Å². The number of carbonyl (C=O) groups excluding carboxylic acids is 3. The molecule has 0 rings (SSSR count). The van der Waals surface area contributed by atoms with E-state index in [9.17, 15) is 14.4 Å². The Kier molecular flexibility index (Phi) is 44.7. The van der Waals surface area contributed by atoms with E-state index >= 15 is 0 Å². The van der Waals surface area contributed by atoms with Crippen molar-refractivity contribution in [2.75, 3.05) is 13.2 Å². The van der Waals surface area contributed by atoms with Crippen LogP contribution in [0.2, 0.25) is 0 Å². The van der Waals surface area contributed by atoms with Crippen LogP contribution in [0.15, 0.2) is 134 Å². The molecule has 0 spiro atoms. The molecule has 0 amide bonds. The van der Waals surface area contributed by atoms with E-state index in [1.54, 1.807) is 0 Å². The van der Waals surface area contributed by atoms with E-state index in [4.69, 9.17) is 14.2 Å². The van der Waals surface area contributed by atoms with E-state index in [2.05, 4.69) is 93.7 Å². The number of allylic oxidation sites excluding steroid dienone is 22. The van der Waals surface area contributed by atoms with Crippen molar-refractivity contribution in [1.29, 1.82) is 0 Å². The standard InChI is InChI=1S/C55H84O6/c1-4-7-10-13-16-19-22-24-26-27-29-30-33-36-39-42-45-48-54(57)60-51-52(50-59-53(56)47-44-41-38-35-32-21-18-15-12-9-6-3)61-55(58)49-46-43-40-37-34-31-28-25-23-20-17-14-11-8-5-2/h7,9-10,12-13,16-27,29-30,33,35,38,52H,4-6,8,11,14-15,28,31-32,34,36-37,39-51H2,1-3H3/b10-7-,12-9-,16-13-,20-17-,21-18-,22-19-,25-23-,26-24-,29-27+,33-30-,38-35-. The van der Waals surface area contributed by atoms with E-state index in [1.165, 1.54) is 32.1 Å². The van der Waals surface area contributed by atoms with Crippen LogP contribution >= 0.6 is 0 Å². The van der Waals surface area contributed by atoms with E-state index in [0.717, 1.165) is 89.9 Å². The van der Waals surface area contributed by atoms with Crippen molar-refractivity contribution in [3.8, 4) is 0 Å². The Hall–Kier alpha value is -4.45. The molecular weight excluding hydrogens is 757 g/mol. The molecule has 1 unspecified atom stereocenters. The van der Waals surface area contributed by atoms with E-state index in [1.807, 2.05) is 60.8 Å².